The molecule has 0 rings (SSSR count). The summed E-state index contributed by atoms with van der Waals surface area (Å²) in [4.78, 5) is 10.2. The number of rotatable bonds is 3. The van der Waals surface area contributed by atoms with Gasteiger partial charge in [0, 0.05) is 18.7 Å². The number of ether oxygens (including phenoxy) is 2. The first-order valence-corrected chi connectivity index (χ1v) is 3.23. The van der Waals surface area contributed by atoms with Crippen LogP contribution < -0.4 is 0 Å². The van der Waals surface area contributed by atoms with Gasteiger partial charge in [-0.2, -0.15) is 0 Å². The van der Waals surface area contributed by atoms with Gasteiger partial charge in [-0.3, -0.25) is 0 Å². The molecule has 10 heavy (non-hydrogen) atoms. The van der Waals surface area contributed by atoms with Gasteiger partial charge in [0.2, 0.25) is 0 Å². The van der Waals surface area contributed by atoms with Crippen molar-refractivity contribution in [2.75, 3.05) is 13.7 Å². The van der Waals surface area contributed by atoms with Gasteiger partial charge in [0.1, 0.15) is 5.60 Å². The molecule has 0 aromatic rings. The highest BCUT2D eigenvalue weighted by molar-refractivity contribution is 6.61. The molecule has 0 fully saturated rings. The first kappa shape index (κ1) is 9.72. The fraction of sp³-hybridized carbons (Fsp3) is 0.833. The molecule has 0 saturated carbocycles. The predicted octanol–water partition coefficient (Wildman–Crippen LogP) is 1.79. The fourth-order valence-corrected chi connectivity index (χ4v) is 0.803. The van der Waals surface area contributed by atoms with Crippen molar-refractivity contribution in [3.8, 4) is 0 Å². The molecule has 0 saturated heterocycles. The Hall–Kier alpha value is -0.280. The van der Waals surface area contributed by atoms with Crippen LogP contribution in [0.15, 0.2) is 0 Å². The van der Waals surface area contributed by atoms with E-state index in [4.69, 9.17) is 16.3 Å². The largest absolute Gasteiger partial charge is 0.445 e. The van der Waals surface area contributed by atoms with Crippen molar-refractivity contribution in [3.63, 3.8) is 0 Å². The lowest BCUT2D eigenvalue weighted by molar-refractivity contribution is -0.00758. The summed E-state index contributed by atoms with van der Waals surface area (Å²) in [6.07, 6.45) is 0. The van der Waals surface area contributed by atoms with E-state index in [-0.39, 0.29) is 0 Å². The molecule has 0 atom stereocenters. The summed E-state index contributed by atoms with van der Waals surface area (Å²) in [6.45, 7) is 3.78. The number of carbonyl (C=O) groups excluding carboxylic acids is 1. The maximum Gasteiger partial charge on any atom is 0.404 e. The minimum atomic E-state index is -0.804. The zero-order valence-corrected chi connectivity index (χ0v) is 7.07. The van der Waals surface area contributed by atoms with E-state index in [9.17, 15) is 4.79 Å². The Bertz CT molecular complexity index is 122. The molecule has 0 aromatic carbocycles. The lowest BCUT2D eigenvalue weighted by atomic mass is 10.2. The SMILES string of the molecule is COCC(C)(C)OC(=O)Cl. The van der Waals surface area contributed by atoms with Gasteiger partial charge < -0.3 is 9.47 Å². The van der Waals surface area contributed by atoms with Gasteiger partial charge in [-0.05, 0) is 13.8 Å². The third-order valence-corrected chi connectivity index (χ3v) is 0.926. The molecule has 0 aliphatic heterocycles. The number of carbonyl (C=O) groups is 1. The minimum absolute atomic E-state index is 0.339. The lowest BCUT2D eigenvalue weighted by Crippen LogP contribution is -2.30. The fourth-order valence-electron chi connectivity index (χ4n) is 0.594. The smallest absolute Gasteiger partial charge is 0.404 e. The average Bonchev–Trinajstić information content (AvgIpc) is 1.59. The topological polar surface area (TPSA) is 35.5 Å². The second-order valence-corrected chi connectivity index (χ2v) is 2.84. The van der Waals surface area contributed by atoms with Crippen molar-refractivity contribution in [1.29, 1.82) is 0 Å². The van der Waals surface area contributed by atoms with Crippen LogP contribution in [0.1, 0.15) is 13.8 Å². The van der Waals surface area contributed by atoms with E-state index in [0.717, 1.165) is 0 Å². The molecule has 0 radical (unpaired) electrons. The van der Waals surface area contributed by atoms with Crippen LogP contribution in [-0.4, -0.2) is 24.7 Å². The number of halogens is 1. The first-order valence-electron chi connectivity index (χ1n) is 2.85. The molecule has 3 nitrogen and oxygen atoms in total. The van der Waals surface area contributed by atoms with Gasteiger partial charge in [-0.15, -0.1) is 0 Å². The van der Waals surface area contributed by atoms with Crippen LogP contribution in [0.2, 0.25) is 0 Å². The second kappa shape index (κ2) is 3.78. The molecule has 0 aliphatic rings. The van der Waals surface area contributed by atoms with Crippen LogP contribution in [-0.2, 0) is 9.47 Å². The summed E-state index contributed by atoms with van der Waals surface area (Å²) in [5.74, 6) is 0. The quantitative estimate of drug-likeness (QED) is 0.600. The van der Waals surface area contributed by atoms with Crippen LogP contribution in [0.25, 0.3) is 0 Å². The van der Waals surface area contributed by atoms with Crippen molar-refractivity contribution in [3.05, 3.63) is 0 Å². The highest BCUT2D eigenvalue weighted by Gasteiger charge is 2.21. The molecule has 4 heteroatoms. The third-order valence-electron chi connectivity index (χ3n) is 0.848. The molecule has 0 N–H and O–H groups in total. The van der Waals surface area contributed by atoms with Gasteiger partial charge in [0.25, 0.3) is 0 Å². The molecule has 0 amide bonds. The van der Waals surface area contributed by atoms with Crippen molar-refractivity contribution in [2.24, 2.45) is 0 Å². The molecule has 0 unspecified atom stereocenters. The Balaban J connectivity index is 3.74. The van der Waals surface area contributed by atoms with Crippen LogP contribution in [0.3, 0.4) is 0 Å². The Labute approximate surface area is 65.3 Å². The summed E-state index contributed by atoms with van der Waals surface area (Å²) in [5, 5.41) is 0. The third kappa shape index (κ3) is 4.58. The average molecular weight is 167 g/mol. The van der Waals surface area contributed by atoms with Crippen molar-refractivity contribution < 1.29 is 14.3 Å². The molecule has 60 valence electrons. The number of methoxy groups -OCH3 is 1. The van der Waals surface area contributed by atoms with Gasteiger partial charge in [0.15, 0.2) is 0 Å². The summed E-state index contributed by atoms with van der Waals surface area (Å²) < 4.78 is 9.45. The summed E-state index contributed by atoms with van der Waals surface area (Å²) >= 11 is 4.98. The van der Waals surface area contributed by atoms with Gasteiger partial charge in [-0.1, -0.05) is 0 Å². The highest BCUT2D eigenvalue weighted by atomic mass is 35.5. The van der Waals surface area contributed by atoms with Crippen LogP contribution in [0.4, 0.5) is 4.79 Å². The monoisotopic (exact) mass is 166 g/mol. The minimum Gasteiger partial charge on any atom is -0.445 e. The van der Waals surface area contributed by atoms with Crippen LogP contribution in [0.5, 0.6) is 0 Å². The highest BCUT2D eigenvalue weighted by Crippen LogP contribution is 2.10. The maximum absolute atomic E-state index is 10.2. The Morgan fingerprint density at radius 1 is 1.60 bits per heavy atom. The van der Waals surface area contributed by atoms with E-state index < -0.39 is 11.0 Å². The molecule has 0 aromatic heterocycles. The van der Waals surface area contributed by atoms with E-state index >= 15 is 0 Å². The molecule has 0 bridgehead atoms. The standard InChI is InChI=1S/C6H11ClO3/c1-6(2,4-9-3)10-5(7)8/h4H2,1-3H3. The first-order chi connectivity index (χ1) is 4.48. The van der Waals surface area contributed by atoms with Gasteiger partial charge in [-0.25, -0.2) is 4.79 Å². The van der Waals surface area contributed by atoms with E-state index in [1.807, 2.05) is 0 Å². The van der Waals surface area contributed by atoms with E-state index in [2.05, 4.69) is 4.74 Å². The maximum atomic E-state index is 10.2. The Morgan fingerprint density at radius 3 is 2.40 bits per heavy atom. The number of hydrogen-bond donors (Lipinski definition) is 0. The Morgan fingerprint density at radius 2 is 2.10 bits per heavy atom. The zero-order valence-electron chi connectivity index (χ0n) is 6.31. The van der Waals surface area contributed by atoms with Crippen LogP contribution in [0, 0.1) is 0 Å². The summed E-state index contributed by atoms with van der Waals surface area (Å²) in [5.41, 5.74) is -1.44. The molecule has 0 heterocycles. The number of hydrogen-bond acceptors (Lipinski definition) is 3. The summed E-state index contributed by atoms with van der Waals surface area (Å²) in [7, 11) is 1.53. The molecule has 0 spiro atoms. The van der Waals surface area contributed by atoms with E-state index in [1.54, 1.807) is 13.8 Å². The Kier molecular flexibility index (Phi) is 3.68. The predicted molar refractivity (Wildman–Crippen MR) is 38.3 cm³/mol. The van der Waals surface area contributed by atoms with Crippen molar-refractivity contribution >= 4 is 17.0 Å². The van der Waals surface area contributed by atoms with Crippen molar-refractivity contribution in [2.45, 2.75) is 19.4 Å². The van der Waals surface area contributed by atoms with Crippen molar-refractivity contribution in [1.82, 2.24) is 0 Å². The van der Waals surface area contributed by atoms with E-state index in [1.165, 1.54) is 7.11 Å². The zero-order chi connectivity index (χ0) is 8.20. The van der Waals surface area contributed by atoms with Gasteiger partial charge >= 0.3 is 5.43 Å². The van der Waals surface area contributed by atoms with Gasteiger partial charge in [0.05, 0.1) is 6.61 Å². The summed E-state index contributed by atoms with van der Waals surface area (Å²) in [6, 6.07) is 0. The second-order valence-electron chi connectivity index (χ2n) is 2.53. The lowest BCUT2D eigenvalue weighted by Gasteiger charge is -2.21. The molecule has 0 aliphatic carbocycles. The van der Waals surface area contributed by atoms with Crippen LogP contribution >= 0.6 is 11.6 Å². The normalized spacial score (nSPS) is 11.2. The molecular formula is C6H11ClO3. The molecular weight excluding hydrogens is 156 g/mol. The van der Waals surface area contributed by atoms with E-state index in [0.29, 0.717) is 6.61 Å².